The van der Waals surface area contributed by atoms with Crippen LogP contribution >= 0.6 is 0 Å². The summed E-state index contributed by atoms with van der Waals surface area (Å²) in [6, 6.07) is 6.30. The molecule has 0 spiro atoms. The van der Waals surface area contributed by atoms with Crippen LogP contribution in [0.15, 0.2) is 36.7 Å². The first-order chi connectivity index (χ1) is 10.6. The Kier molecular flexibility index (Phi) is 3.85. The molecule has 114 valence electrons. The maximum Gasteiger partial charge on any atom is 0.337 e. The lowest BCUT2D eigenvalue weighted by Gasteiger charge is -2.23. The maximum absolute atomic E-state index is 13.1. The lowest BCUT2D eigenvalue weighted by molar-refractivity contribution is -0.151. The van der Waals surface area contributed by atoms with Gasteiger partial charge >= 0.3 is 5.97 Å². The lowest BCUT2D eigenvalue weighted by atomic mass is 9.92. The minimum Gasteiger partial charge on any atom is -0.479 e. The normalized spacial score (nSPS) is 17.3. The molecule has 1 aliphatic heterocycles. The van der Waals surface area contributed by atoms with Gasteiger partial charge in [0.2, 0.25) is 0 Å². The first kappa shape index (κ1) is 14.6. The van der Waals surface area contributed by atoms with Crippen molar-refractivity contribution in [1.82, 2.24) is 4.98 Å². The molecule has 0 saturated carbocycles. The second-order valence-electron chi connectivity index (χ2n) is 5.02. The zero-order valence-corrected chi connectivity index (χ0v) is 11.5. The molecule has 1 aliphatic rings. The van der Waals surface area contributed by atoms with Gasteiger partial charge in [-0.1, -0.05) is 18.2 Å². The number of nitrogens with zero attached hydrogens (tertiary/aromatic N) is 1. The van der Waals surface area contributed by atoms with Crippen molar-refractivity contribution in [3.63, 3.8) is 0 Å². The van der Waals surface area contributed by atoms with E-state index in [9.17, 15) is 13.6 Å². The van der Waals surface area contributed by atoms with Crippen LogP contribution in [0.2, 0.25) is 0 Å². The zero-order chi connectivity index (χ0) is 15.7. The van der Waals surface area contributed by atoms with E-state index in [0.29, 0.717) is 29.7 Å². The minimum absolute atomic E-state index is 0.0863. The molecule has 6 heteroatoms. The van der Waals surface area contributed by atoms with Crippen molar-refractivity contribution in [2.75, 3.05) is 6.61 Å². The molecule has 0 bridgehead atoms. The molecule has 22 heavy (non-hydrogen) atoms. The van der Waals surface area contributed by atoms with Gasteiger partial charge in [0.05, 0.1) is 6.61 Å². The third-order valence-corrected chi connectivity index (χ3v) is 3.71. The average molecular weight is 305 g/mol. The monoisotopic (exact) mass is 305 g/mol. The van der Waals surface area contributed by atoms with Gasteiger partial charge in [-0.15, -0.1) is 0 Å². The van der Waals surface area contributed by atoms with Crippen molar-refractivity contribution in [2.24, 2.45) is 0 Å². The molecule has 3 rings (SSSR count). The molecular weight excluding hydrogens is 292 g/mol. The first-order valence-corrected chi connectivity index (χ1v) is 6.77. The van der Waals surface area contributed by atoms with Crippen molar-refractivity contribution >= 4 is 5.97 Å². The Labute approximate surface area is 125 Å². The highest BCUT2D eigenvalue weighted by atomic mass is 19.3. The van der Waals surface area contributed by atoms with E-state index in [1.54, 1.807) is 18.2 Å². The number of carboxylic acid groups (broad SMARTS) is 1. The number of benzene rings is 1. The van der Waals surface area contributed by atoms with E-state index in [0.717, 1.165) is 5.56 Å². The smallest absolute Gasteiger partial charge is 0.337 e. The Morgan fingerprint density at radius 1 is 1.36 bits per heavy atom. The number of rotatable bonds is 3. The van der Waals surface area contributed by atoms with E-state index in [1.165, 1.54) is 18.5 Å². The Morgan fingerprint density at radius 3 is 2.91 bits per heavy atom. The Morgan fingerprint density at radius 2 is 2.18 bits per heavy atom. The summed E-state index contributed by atoms with van der Waals surface area (Å²) in [4.78, 5) is 15.1. The highest BCUT2D eigenvalue weighted by Gasteiger charge is 2.27. The predicted octanol–water partition coefficient (Wildman–Crippen LogP) is 3.38. The number of fused-ring (bicyclic) bond motifs is 1. The number of ether oxygens (including phenoxy) is 1. The van der Waals surface area contributed by atoms with Crippen LogP contribution < -0.4 is 0 Å². The molecule has 1 atom stereocenters. The molecular formula is C16H13F2NO3. The molecule has 4 nitrogen and oxygen atoms in total. The van der Waals surface area contributed by atoms with Crippen molar-refractivity contribution in [3.05, 3.63) is 53.3 Å². The summed E-state index contributed by atoms with van der Waals surface area (Å²) in [5.74, 6) is -1.05. The van der Waals surface area contributed by atoms with Crippen LogP contribution in [0.3, 0.4) is 0 Å². The van der Waals surface area contributed by atoms with Gasteiger partial charge < -0.3 is 9.84 Å². The van der Waals surface area contributed by atoms with Crippen molar-refractivity contribution in [3.8, 4) is 11.1 Å². The number of hydrogen-bond acceptors (Lipinski definition) is 3. The molecule has 1 aromatic heterocycles. The van der Waals surface area contributed by atoms with Crippen LogP contribution in [-0.4, -0.2) is 22.7 Å². The quantitative estimate of drug-likeness (QED) is 0.944. The maximum atomic E-state index is 13.1. The summed E-state index contributed by atoms with van der Waals surface area (Å²) >= 11 is 0. The number of pyridine rings is 1. The van der Waals surface area contributed by atoms with Crippen LogP contribution in [0.5, 0.6) is 0 Å². The fraction of sp³-hybridized carbons (Fsp3) is 0.250. The highest BCUT2D eigenvalue weighted by Crippen LogP contribution is 2.34. The number of aromatic nitrogens is 1. The molecule has 1 unspecified atom stereocenters. The largest absolute Gasteiger partial charge is 0.479 e. The predicted molar refractivity (Wildman–Crippen MR) is 74.7 cm³/mol. The fourth-order valence-corrected chi connectivity index (χ4v) is 2.66. The molecule has 2 heterocycles. The number of hydrogen-bond donors (Lipinski definition) is 1. The lowest BCUT2D eigenvalue weighted by Crippen LogP contribution is -2.23. The van der Waals surface area contributed by atoms with Gasteiger partial charge in [0.25, 0.3) is 6.43 Å². The fourth-order valence-electron chi connectivity index (χ4n) is 2.66. The van der Waals surface area contributed by atoms with E-state index < -0.39 is 18.5 Å². The van der Waals surface area contributed by atoms with Gasteiger partial charge in [0.1, 0.15) is 0 Å². The first-order valence-electron chi connectivity index (χ1n) is 6.77. The molecule has 0 fully saturated rings. The SMILES string of the molecule is O=C(O)C1OCCc2cc(-c3cnccc3C(F)F)ccc21. The number of aliphatic carboxylic acids is 1. The van der Waals surface area contributed by atoms with Crippen LogP contribution in [0, 0.1) is 0 Å². The topological polar surface area (TPSA) is 59.4 Å². The van der Waals surface area contributed by atoms with Gasteiger partial charge in [0, 0.05) is 23.5 Å². The minimum atomic E-state index is -2.59. The number of alkyl halides is 2. The second kappa shape index (κ2) is 5.81. The van der Waals surface area contributed by atoms with Crippen LogP contribution in [0.25, 0.3) is 11.1 Å². The molecule has 0 aliphatic carbocycles. The van der Waals surface area contributed by atoms with Crippen molar-refractivity contribution < 1.29 is 23.4 Å². The van der Waals surface area contributed by atoms with Crippen LogP contribution in [0.1, 0.15) is 29.2 Å². The van der Waals surface area contributed by atoms with E-state index in [4.69, 9.17) is 9.84 Å². The summed E-state index contributed by atoms with van der Waals surface area (Å²) in [7, 11) is 0. The van der Waals surface area contributed by atoms with Gasteiger partial charge in [-0.3, -0.25) is 4.98 Å². The third kappa shape index (κ3) is 2.57. The summed E-state index contributed by atoms with van der Waals surface area (Å²) in [5, 5.41) is 9.15. The summed E-state index contributed by atoms with van der Waals surface area (Å²) in [6.45, 7) is 0.294. The van der Waals surface area contributed by atoms with Crippen molar-refractivity contribution in [1.29, 1.82) is 0 Å². The summed E-state index contributed by atoms with van der Waals surface area (Å²) < 4.78 is 31.4. The molecule has 1 aromatic carbocycles. The number of carboxylic acids is 1. The molecule has 1 N–H and O–H groups in total. The zero-order valence-electron chi connectivity index (χ0n) is 11.5. The van der Waals surface area contributed by atoms with E-state index >= 15 is 0 Å². The summed E-state index contributed by atoms with van der Waals surface area (Å²) in [5.41, 5.74) is 2.26. The Balaban J connectivity index is 2.07. The number of halogens is 2. The summed E-state index contributed by atoms with van der Waals surface area (Å²) in [6.07, 6.45) is -0.308. The van der Waals surface area contributed by atoms with Crippen LogP contribution in [-0.2, 0) is 16.0 Å². The Hall–Kier alpha value is -2.34. The molecule has 0 amide bonds. The highest BCUT2D eigenvalue weighted by molar-refractivity contribution is 5.76. The van der Waals surface area contributed by atoms with Gasteiger partial charge in [-0.2, -0.15) is 0 Å². The third-order valence-electron chi connectivity index (χ3n) is 3.71. The second-order valence-corrected chi connectivity index (χ2v) is 5.02. The van der Waals surface area contributed by atoms with Gasteiger partial charge in [0.15, 0.2) is 6.10 Å². The van der Waals surface area contributed by atoms with E-state index in [-0.39, 0.29) is 5.56 Å². The van der Waals surface area contributed by atoms with Gasteiger partial charge in [-0.05, 0) is 29.2 Å². The van der Waals surface area contributed by atoms with Gasteiger partial charge in [-0.25, -0.2) is 13.6 Å². The Bertz CT molecular complexity index is 718. The van der Waals surface area contributed by atoms with E-state index in [2.05, 4.69) is 4.98 Å². The molecule has 0 saturated heterocycles. The van der Waals surface area contributed by atoms with Crippen LogP contribution in [0.4, 0.5) is 8.78 Å². The van der Waals surface area contributed by atoms with Crippen molar-refractivity contribution in [2.45, 2.75) is 19.0 Å². The average Bonchev–Trinajstić information content (AvgIpc) is 2.53. The molecule has 0 radical (unpaired) electrons. The molecule has 2 aromatic rings. The number of carbonyl (C=O) groups is 1. The standard InChI is InChI=1S/C16H13F2NO3/c17-15(18)12-3-5-19-8-13(12)9-1-2-11-10(7-9)4-6-22-14(11)16(20)21/h1-3,5,7-8,14-15H,4,6H2,(H,20,21). The van der Waals surface area contributed by atoms with E-state index in [1.807, 2.05) is 0 Å².